The molecule has 3 heteroatoms. The quantitative estimate of drug-likeness (QED) is 0.747. The van der Waals surface area contributed by atoms with Gasteiger partial charge in [-0.1, -0.05) is 42.5 Å². The van der Waals surface area contributed by atoms with Crippen LogP contribution in [0.5, 0.6) is 0 Å². The van der Waals surface area contributed by atoms with E-state index in [1.165, 1.54) is 10.8 Å². The van der Waals surface area contributed by atoms with Crippen molar-refractivity contribution in [1.29, 1.82) is 0 Å². The van der Waals surface area contributed by atoms with Crippen LogP contribution in [0.1, 0.15) is 23.6 Å². The van der Waals surface area contributed by atoms with E-state index in [0.717, 1.165) is 11.3 Å². The number of amides is 1. The first-order valence-electron chi connectivity index (χ1n) is 6.64. The number of benzene rings is 2. The fourth-order valence-electron chi connectivity index (χ4n) is 2.59. The van der Waals surface area contributed by atoms with Gasteiger partial charge >= 0.3 is 0 Å². The first-order valence-corrected chi connectivity index (χ1v) is 6.64. The molecule has 0 saturated carbocycles. The second kappa shape index (κ2) is 5.21. The SMILES string of the molecule is NC(=O)CC(c1ccc2ccccc2c1)c1ccc[nH]1. The molecular weight excluding hydrogens is 248 g/mol. The Labute approximate surface area is 117 Å². The molecule has 1 heterocycles. The minimum atomic E-state index is -0.294. The molecule has 3 rings (SSSR count). The van der Waals surface area contributed by atoms with Crippen LogP contribution in [0, 0.1) is 0 Å². The molecule has 100 valence electrons. The lowest BCUT2D eigenvalue weighted by atomic mass is 9.90. The van der Waals surface area contributed by atoms with E-state index in [2.05, 4.69) is 35.3 Å². The minimum absolute atomic E-state index is 0.0212. The molecule has 0 fully saturated rings. The molecule has 1 atom stereocenters. The topological polar surface area (TPSA) is 58.9 Å². The number of aromatic nitrogens is 1. The zero-order valence-electron chi connectivity index (χ0n) is 11.0. The smallest absolute Gasteiger partial charge is 0.218 e. The molecule has 0 radical (unpaired) electrons. The highest BCUT2D eigenvalue weighted by Crippen LogP contribution is 2.29. The molecule has 0 aliphatic carbocycles. The molecule has 0 bridgehead atoms. The van der Waals surface area contributed by atoms with Crippen molar-refractivity contribution in [2.24, 2.45) is 5.73 Å². The van der Waals surface area contributed by atoms with Crippen LogP contribution in [0.15, 0.2) is 60.8 Å². The molecule has 0 saturated heterocycles. The number of hydrogen-bond donors (Lipinski definition) is 2. The van der Waals surface area contributed by atoms with Crippen LogP contribution in [-0.2, 0) is 4.79 Å². The van der Waals surface area contributed by atoms with Gasteiger partial charge in [-0.3, -0.25) is 4.79 Å². The molecule has 3 nitrogen and oxygen atoms in total. The van der Waals surface area contributed by atoms with Gasteiger partial charge < -0.3 is 10.7 Å². The van der Waals surface area contributed by atoms with E-state index in [9.17, 15) is 4.79 Å². The summed E-state index contributed by atoms with van der Waals surface area (Å²) >= 11 is 0. The van der Waals surface area contributed by atoms with Crippen molar-refractivity contribution < 1.29 is 4.79 Å². The summed E-state index contributed by atoms with van der Waals surface area (Å²) in [5.41, 5.74) is 7.51. The van der Waals surface area contributed by atoms with E-state index in [0.29, 0.717) is 6.42 Å². The number of aromatic amines is 1. The summed E-state index contributed by atoms with van der Waals surface area (Å²) in [6, 6.07) is 18.4. The summed E-state index contributed by atoms with van der Waals surface area (Å²) in [5.74, 6) is -0.315. The predicted octanol–water partition coefficient (Wildman–Crippen LogP) is 3.18. The molecule has 1 aromatic heterocycles. The summed E-state index contributed by atoms with van der Waals surface area (Å²) in [7, 11) is 0. The Morgan fingerprint density at radius 1 is 1.05 bits per heavy atom. The van der Waals surface area contributed by atoms with Gasteiger partial charge in [0.05, 0.1) is 0 Å². The Kier molecular flexibility index (Phi) is 3.25. The van der Waals surface area contributed by atoms with E-state index in [1.54, 1.807) is 0 Å². The molecule has 0 aliphatic rings. The zero-order chi connectivity index (χ0) is 13.9. The van der Waals surface area contributed by atoms with Gasteiger partial charge in [0, 0.05) is 24.2 Å². The van der Waals surface area contributed by atoms with Gasteiger partial charge in [0.25, 0.3) is 0 Å². The second-order valence-electron chi connectivity index (χ2n) is 4.96. The van der Waals surface area contributed by atoms with Gasteiger partial charge in [-0.15, -0.1) is 0 Å². The molecule has 2 aromatic carbocycles. The number of carbonyl (C=O) groups excluding carboxylic acids is 1. The van der Waals surface area contributed by atoms with Gasteiger partial charge in [0.1, 0.15) is 0 Å². The summed E-state index contributed by atoms with van der Waals surface area (Å²) in [6.45, 7) is 0. The molecule has 1 unspecified atom stereocenters. The number of fused-ring (bicyclic) bond motifs is 1. The number of nitrogens with one attached hydrogen (secondary N) is 1. The Bertz CT molecular complexity index is 732. The molecule has 0 aliphatic heterocycles. The summed E-state index contributed by atoms with van der Waals surface area (Å²) in [6.07, 6.45) is 2.17. The minimum Gasteiger partial charge on any atom is -0.370 e. The first-order chi connectivity index (χ1) is 9.74. The van der Waals surface area contributed by atoms with Crippen molar-refractivity contribution in [1.82, 2.24) is 4.98 Å². The largest absolute Gasteiger partial charge is 0.370 e. The van der Waals surface area contributed by atoms with E-state index >= 15 is 0 Å². The highest BCUT2D eigenvalue weighted by atomic mass is 16.1. The van der Waals surface area contributed by atoms with E-state index in [4.69, 9.17) is 5.73 Å². The lowest BCUT2D eigenvalue weighted by Gasteiger charge is -2.15. The molecular formula is C17H16N2O. The predicted molar refractivity (Wildman–Crippen MR) is 80.4 cm³/mol. The highest BCUT2D eigenvalue weighted by molar-refractivity contribution is 5.83. The average molecular weight is 264 g/mol. The third-order valence-electron chi connectivity index (χ3n) is 3.58. The third-order valence-corrected chi connectivity index (χ3v) is 3.58. The third kappa shape index (κ3) is 2.43. The van der Waals surface area contributed by atoms with Crippen molar-refractivity contribution in [3.63, 3.8) is 0 Å². The van der Waals surface area contributed by atoms with E-state index < -0.39 is 0 Å². The number of primary amides is 1. The number of carbonyl (C=O) groups is 1. The van der Waals surface area contributed by atoms with Crippen LogP contribution in [-0.4, -0.2) is 10.9 Å². The van der Waals surface area contributed by atoms with Crippen LogP contribution in [0.4, 0.5) is 0 Å². The summed E-state index contributed by atoms with van der Waals surface area (Å²) in [5, 5.41) is 2.37. The standard InChI is InChI=1S/C17H16N2O/c18-17(20)11-15(16-6-3-9-19-16)14-8-7-12-4-1-2-5-13(12)10-14/h1-10,15,19H,11H2,(H2,18,20). The molecule has 0 spiro atoms. The maximum atomic E-state index is 11.4. The van der Waals surface area contributed by atoms with Crippen molar-refractivity contribution in [2.75, 3.05) is 0 Å². The van der Waals surface area contributed by atoms with E-state index in [1.807, 2.05) is 30.5 Å². The molecule has 1 amide bonds. The van der Waals surface area contributed by atoms with Crippen LogP contribution in [0.2, 0.25) is 0 Å². The zero-order valence-corrected chi connectivity index (χ0v) is 11.0. The number of nitrogens with two attached hydrogens (primary N) is 1. The molecule has 3 N–H and O–H groups in total. The number of hydrogen-bond acceptors (Lipinski definition) is 1. The normalized spacial score (nSPS) is 12.4. The van der Waals surface area contributed by atoms with Crippen LogP contribution in [0.3, 0.4) is 0 Å². The fourth-order valence-corrected chi connectivity index (χ4v) is 2.59. The van der Waals surface area contributed by atoms with Crippen LogP contribution in [0.25, 0.3) is 10.8 Å². The first kappa shape index (κ1) is 12.5. The van der Waals surface area contributed by atoms with Crippen LogP contribution >= 0.6 is 0 Å². The Hall–Kier alpha value is -2.55. The van der Waals surface area contributed by atoms with Crippen LogP contribution < -0.4 is 5.73 Å². The van der Waals surface area contributed by atoms with Crippen molar-refractivity contribution in [3.8, 4) is 0 Å². The Balaban J connectivity index is 2.06. The molecule has 3 aromatic rings. The van der Waals surface area contributed by atoms with E-state index in [-0.39, 0.29) is 11.8 Å². The Morgan fingerprint density at radius 2 is 1.85 bits per heavy atom. The average Bonchev–Trinajstić information content (AvgIpc) is 2.98. The molecule has 20 heavy (non-hydrogen) atoms. The second-order valence-corrected chi connectivity index (χ2v) is 4.96. The number of H-pyrrole nitrogens is 1. The van der Waals surface area contributed by atoms with Crippen molar-refractivity contribution >= 4 is 16.7 Å². The fraction of sp³-hybridized carbons (Fsp3) is 0.118. The van der Waals surface area contributed by atoms with Crippen molar-refractivity contribution in [3.05, 3.63) is 72.1 Å². The van der Waals surface area contributed by atoms with Gasteiger partial charge in [0.15, 0.2) is 0 Å². The summed E-state index contributed by atoms with van der Waals surface area (Å²) < 4.78 is 0. The summed E-state index contributed by atoms with van der Waals surface area (Å²) in [4.78, 5) is 14.5. The highest BCUT2D eigenvalue weighted by Gasteiger charge is 2.17. The van der Waals surface area contributed by atoms with Gasteiger partial charge in [0.2, 0.25) is 5.91 Å². The number of rotatable bonds is 4. The van der Waals surface area contributed by atoms with Gasteiger partial charge in [-0.25, -0.2) is 0 Å². The lowest BCUT2D eigenvalue weighted by Crippen LogP contribution is -2.16. The maximum absolute atomic E-state index is 11.4. The maximum Gasteiger partial charge on any atom is 0.218 e. The van der Waals surface area contributed by atoms with Crippen molar-refractivity contribution in [2.45, 2.75) is 12.3 Å². The lowest BCUT2D eigenvalue weighted by molar-refractivity contribution is -0.118. The Morgan fingerprint density at radius 3 is 2.55 bits per heavy atom. The van der Waals surface area contributed by atoms with Gasteiger partial charge in [-0.05, 0) is 28.5 Å². The van der Waals surface area contributed by atoms with Gasteiger partial charge in [-0.2, -0.15) is 0 Å². The monoisotopic (exact) mass is 264 g/mol.